The minimum absolute atomic E-state index is 0.241. The van der Waals surface area contributed by atoms with Crippen LogP contribution in [0.5, 0.6) is 0 Å². The molecule has 1 heteroatoms. The number of hydrogen-bond donors (Lipinski definition) is 1. The summed E-state index contributed by atoms with van der Waals surface area (Å²) in [5, 5.41) is 0. The molecule has 0 aliphatic carbocycles. The average Bonchev–Trinajstić information content (AvgIpc) is 1.36. The van der Waals surface area contributed by atoms with Crippen LogP contribution in [0.25, 0.3) is 0 Å². The van der Waals surface area contributed by atoms with Crippen LogP contribution in [0.15, 0.2) is 0 Å². The molecule has 0 saturated heterocycles. The normalized spacial score (nSPS) is 15.5. The largest absolute Gasteiger partial charge is 0.328 e. The second-order valence-corrected chi connectivity index (χ2v) is 1.84. The van der Waals surface area contributed by atoms with Gasteiger partial charge >= 0.3 is 0 Å². The lowest BCUT2D eigenvalue weighted by atomic mass is 10.1. The van der Waals surface area contributed by atoms with Crippen molar-refractivity contribution < 1.29 is 0 Å². The van der Waals surface area contributed by atoms with Crippen molar-refractivity contribution in [1.29, 1.82) is 0 Å². The van der Waals surface area contributed by atoms with Gasteiger partial charge < -0.3 is 5.73 Å². The molecule has 0 aromatic rings. The average molecular weight is 86.2 g/mol. The highest BCUT2D eigenvalue weighted by atomic mass is 14.6. The van der Waals surface area contributed by atoms with Crippen LogP contribution in [0.2, 0.25) is 0 Å². The summed E-state index contributed by atoms with van der Waals surface area (Å²) in [6.07, 6.45) is 0. The summed E-state index contributed by atoms with van der Waals surface area (Å²) >= 11 is 0. The van der Waals surface area contributed by atoms with Gasteiger partial charge in [0.2, 0.25) is 0 Å². The van der Waals surface area contributed by atoms with Crippen molar-refractivity contribution >= 4 is 0 Å². The maximum atomic E-state index is 5.37. The van der Waals surface area contributed by atoms with Crippen LogP contribution in [-0.2, 0) is 0 Å². The Morgan fingerprint density at radius 2 is 1.67 bits per heavy atom. The van der Waals surface area contributed by atoms with Crippen LogP contribution in [0, 0.1) is 12.8 Å². The first-order chi connectivity index (χ1) is 2.64. The topological polar surface area (TPSA) is 26.0 Å². The molecule has 0 rings (SSSR count). The van der Waals surface area contributed by atoms with E-state index in [-0.39, 0.29) is 6.04 Å². The Morgan fingerprint density at radius 3 is 1.67 bits per heavy atom. The Hall–Kier alpha value is -0.0400. The number of nitrogens with two attached hydrogens (primary N) is 1. The zero-order valence-electron chi connectivity index (χ0n) is 4.44. The Bertz CT molecular complexity index is 24.9. The summed E-state index contributed by atoms with van der Waals surface area (Å²) in [5.74, 6) is 0.380. The van der Waals surface area contributed by atoms with E-state index >= 15 is 0 Å². The lowest BCUT2D eigenvalue weighted by Gasteiger charge is -2.05. The van der Waals surface area contributed by atoms with Crippen molar-refractivity contribution in [1.82, 2.24) is 0 Å². The van der Waals surface area contributed by atoms with Gasteiger partial charge in [-0.05, 0) is 19.8 Å². The summed E-state index contributed by atoms with van der Waals surface area (Å²) in [5.41, 5.74) is 5.37. The molecule has 0 aromatic carbocycles. The van der Waals surface area contributed by atoms with Crippen molar-refractivity contribution in [3.8, 4) is 0 Å². The molecule has 0 fully saturated rings. The summed E-state index contributed by atoms with van der Waals surface area (Å²) in [7, 11) is 0. The molecule has 37 valence electrons. The SMILES string of the molecule is [CH2]C(C)[C@H](C)N. The molecule has 2 N–H and O–H groups in total. The molecular weight excluding hydrogens is 74.1 g/mol. The van der Waals surface area contributed by atoms with Crippen molar-refractivity contribution in [2.45, 2.75) is 19.9 Å². The first kappa shape index (κ1) is 5.96. The van der Waals surface area contributed by atoms with Crippen LogP contribution in [0.4, 0.5) is 0 Å². The molecular formula is C5H12N. The minimum Gasteiger partial charge on any atom is -0.328 e. The molecule has 0 heterocycles. The molecule has 2 atom stereocenters. The number of hydrogen-bond acceptors (Lipinski definition) is 1. The molecule has 0 aliphatic heterocycles. The van der Waals surface area contributed by atoms with Gasteiger partial charge in [0.1, 0.15) is 0 Å². The van der Waals surface area contributed by atoms with Crippen LogP contribution in [-0.4, -0.2) is 6.04 Å². The van der Waals surface area contributed by atoms with Gasteiger partial charge in [0.05, 0.1) is 0 Å². The van der Waals surface area contributed by atoms with Gasteiger partial charge in [0.25, 0.3) is 0 Å². The highest BCUT2D eigenvalue weighted by molar-refractivity contribution is 4.63. The lowest BCUT2D eigenvalue weighted by molar-refractivity contribution is 0.578. The van der Waals surface area contributed by atoms with Crippen molar-refractivity contribution in [3.05, 3.63) is 6.92 Å². The molecule has 0 bridgehead atoms. The van der Waals surface area contributed by atoms with Crippen LogP contribution in [0.3, 0.4) is 0 Å². The molecule has 0 aliphatic rings. The molecule has 0 aromatic heterocycles. The third-order valence-electron chi connectivity index (χ3n) is 0.898. The van der Waals surface area contributed by atoms with Crippen LogP contribution < -0.4 is 5.73 Å². The zero-order valence-corrected chi connectivity index (χ0v) is 4.44. The van der Waals surface area contributed by atoms with Gasteiger partial charge in [-0.25, -0.2) is 0 Å². The molecule has 1 radical (unpaired) electrons. The summed E-state index contributed by atoms with van der Waals surface area (Å²) in [6.45, 7) is 7.67. The summed E-state index contributed by atoms with van der Waals surface area (Å²) < 4.78 is 0. The predicted molar refractivity (Wildman–Crippen MR) is 28.2 cm³/mol. The summed E-state index contributed by atoms with van der Waals surface area (Å²) in [4.78, 5) is 0. The van der Waals surface area contributed by atoms with E-state index < -0.39 is 0 Å². The molecule has 1 nitrogen and oxygen atoms in total. The molecule has 6 heavy (non-hydrogen) atoms. The van der Waals surface area contributed by atoms with E-state index in [2.05, 4.69) is 6.92 Å². The second-order valence-electron chi connectivity index (χ2n) is 1.84. The van der Waals surface area contributed by atoms with Crippen LogP contribution in [0.1, 0.15) is 13.8 Å². The lowest BCUT2D eigenvalue weighted by Crippen LogP contribution is -2.21. The Labute approximate surface area is 39.5 Å². The van der Waals surface area contributed by atoms with Gasteiger partial charge in [0.15, 0.2) is 0 Å². The quantitative estimate of drug-likeness (QED) is 0.502. The third-order valence-corrected chi connectivity index (χ3v) is 0.898. The first-order valence-corrected chi connectivity index (χ1v) is 2.23. The highest BCUT2D eigenvalue weighted by Gasteiger charge is 1.96. The van der Waals surface area contributed by atoms with E-state index in [9.17, 15) is 0 Å². The van der Waals surface area contributed by atoms with E-state index in [1.807, 2.05) is 13.8 Å². The number of rotatable bonds is 1. The van der Waals surface area contributed by atoms with Gasteiger partial charge in [-0.3, -0.25) is 0 Å². The minimum atomic E-state index is 0.241. The van der Waals surface area contributed by atoms with Gasteiger partial charge in [-0.2, -0.15) is 0 Å². The monoisotopic (exact) mass is 86.1 g/mol. The predicted octanol–water partition coefficient (Wildman–Crippen LogP) is 0.804. The molecule has 0 spiro atoms. The van der Waals surface area contributed by atoms with Crippen molar-refractivity contribution in [3.63, 3.8) is 0 Å². The summed E-state index contributed by atoms with van der Waals surface area (Å²) in [6, 6.07) is 0.241. The third kappa shape index (κ3) is 2.21. The Morgan fingerprint density at radius 1 is 1.50 bits per heavy atom. The fraction of sp³-hybridized carbons (Fsp3) is 0.800. The standard InChI is InChI=1S/C5H12N/c1-4(2)5(3)6/h4-5H,1,6H2,2-3H3/t4?,5-/m0/s1. The van der Waals surface area contributed by atoms with E-state index in [4.69, 9.17) is 5.73 Å². The van der Waals surface area contributed by atoms with Gasteiger partial charge in [0, 0.05) is 6.04 Å². The fourth-order valence-corrected chi connectivity index (χ4v) is 0. The first-order valence-electron chi connectivity index (χ1n) is 2.23. The van der Waals surface area contributed by atoms with Gasteiger partial charge in [-0.1, -0.05) is 6.92 Å². The smallest absolute Gasteiger partial charge is 0.00361 e. The molecule has 0 saturated carbocycles. The van der Waals surface area contributed by atoms with E-state index in [1.54, 1.807) is 0 Å². The van der Waals surface area contributed by atoms with Crippen molar-refractivity contribution in [2.24, 2.45) is 11.7 Å². The van der Waals surface area contributed by atoms with Gasteiger partial charge in [-0.15, -0.1) is 0 Å². The maximum absolute atomic E-state index is 5.37. The fourth-order valence-electron chi connectivity index (χ4n) is 0. The Kier molecular flexibility index (Phi) is 2.18. The van der Waals surface area contributed by atoms with E-state index in [0.29, 0.717) is 5.92 Å². The second kappa shape index (κ2) is 2.19. The van der Waals surface area contributed by atoms with Crippen LogP contribution >= 0.6 is 0 Å². The molecule has 0 amide bonds. The molecule has 1 unspecified atom stereocenters. The van der Waals surface area contributed by atoms with Crippen molar-refractivity contribution in [2.75, 3.05) is 0 Å². The highest BCUT2D eigenvalue weighted by Crippen LogP contribution is 1.92. The Balaban J connectivity index is 2.99. The van der Waals surface area contributed by atoms with E-state index in [1.165, 1.54) is 0 Å². The van der Waals surface area contributed by atoms with E-state index in [0.717, 1.165) is 0 Å². The maximum Gasteiger partial charge on any atom is 0.00361 e. The zero-order chi connectivity index (χ0) is 5.15.